The van der Waals surface area contributed by atoms with E-state index >= 15 is 0 Å². The number of halogens is 2. The van der Waals surface area contributed by atoms with Gasteiger partial charge in [0.25, 0.3) is 0 Å². The lowest BCUT2D eigenvalue weighted by molar-refractivity contribution is -0.112. The third kappa shape index (κ3) is 4.34. The van der Waals surface area contributed by atoms with Gasteiger partial charge in [-0.15, -0.1) is 0 Å². The number of carbonyl (C=O) groups excluding carboxylic acids is 2. The fourth-order valence-electron chi connectivity index (χ4n) is 1.84. The molecule has 1 atom stereocenters. The number of nitrogens with zero attached hydrogens (tertiary/aromatic N) is 1. The van der Waals surface area contributed by atoms with Crippen LogP contribution < -0.4 is 4.74 Å². The molecule has 0 heterocycles. The van der Waals surface area contributed by atoms with Gasteiger partial charge in [0.2, 0.25) is 0 Å². The highest BCUT2D eigenvalue weighted by Gasteiger charge is 2.29. The van der Waals surface area contributed by atoms with E-state index in [9.17, 15) is 14.0 Å². The Balaban J connectivity index is 3.21. The molecule has 0 N–H and O–H groups in total. The molecule has 0 aromatic heterocycles. The Labute approximate surface area is 133 Å². The standard InChI is InChI=1S/C15H19ClFNO4/c1-15(2,3)22-14(20)18(4)12(8-19)10-6-9(16)7-11(17)13(10)21-5/h6-8,12H,1-5H3. The van der Waals surface area contributed by atoms with E-state index in [1.54, 1.807) is 20.8 Å². The molecule has 1 rings (SSSR count). The van der Waals surface area contributed by atoms with Crippen LogP contribution in [0.15, 0.2) is 12.1 Å². The Morgan fingerprint density at radius 3 is 2.45 bits per heavy atom. The lowest BCUT2D eigenvalue weighted by Crippen LogP contribution is -2.37. The number of hydrogen-bond donors (Lipinski definition) is 0. The maximum Gasteiger partial charge on any atom is 0.410 e. The first-order valence-corrected chi connectivity index (χ1v) is 6.92. The predicted octanol–water partition coefficient (Wildman–Crippen LogP) is 3.59. The Kier molecular flexibility index (Phi) is 5.77. The van der Waals surface area contributed by atoms with Crippen LogP contribution in [0.2, 0.25) is 5.02 Å². The van der Waals surface area contributed by atoms with Crippen LogP contribution in [0.5, 0.6) is 5.75 Å². The Morgan fingerprint density at radius 2 is 2.00 bits per heavy atom. The lowest BCUT2D eigenvalue weighted by atomic mass is 10.1. The summed E-state index contributed by atoms with van der Waals surface area (Å²) in [6, 6.07) is 1.36. The first kappa shape index (κ1) is 18.2. The highest BCUT2D eigenvalue weighted by atomic mass is 35.5. The maximum atomic E-state index is 13.9. The minimum Gasteiger partial charge on any atom is -0.493 e. The quantitative estimate of drug-likeness (QED) is 0.791. The van der Waals surface area contributed by atoms with Gasteiger partial charge in [0.1, 0.15) is 17.9 Å². The van der Waals surface area contributed by atoms with Gasteiger partial charge in [0, 0.05) is 17.6 Å². The summed E-state index contributed by atoms with van der Waals surface area (Å²) in [7, 11) is 2.65. The SMILES string of the molecule is COc1c(F)cc(Cl)cc1C(C=O)N(C)C(=O)OC(C)(C)C. The Bertz CT molecular complexity index is 571. The summed E-state index contributed by atoms with van der Waals surface area (Å²) < 4.78 is 24.1. The number of hydrogen-bond acceptors (Lipinski definition) is 4. The van der Waals surface area contributed by atoms with Crippen molar-refractivity contribution in [2.24, 2.45) is 0 Å². The Morgan fingerprint density at radius 1 is 1.41 bits per heavy atom. The average molecular weight is 332 g/mol. The zero-order valence-corrected chi connectivity index (χ0v) is 13.9. The van der Waals surface area contributed by atoms with Crippen LogP contribution in [0.25, 0.3) is 0 Å². The second-order valence-corrected chi connectivity index (χ2v) is 6.12. The molecule has 0 aliphatic carbocycles. The highest BCUT2D eigenvalue weighted by Crippen LogP contribution is 2.33. The topological polar surface area (TPSA) is 55.8 Å². The van der Waals surface area contributed by atoms with Crippen LogP contribution in [0.3, 0.4) is 0 Å². The van der Waals surface area contributed by atoms with E-state index in [1.807, 2.05) is 0 Å². The van der Waals surface area contributed by atoms with E-state index in [1.165, 1.54) is 20.2 Å². The summed E-state index contributed by atoms with van der Waals surface area (Å²) >= 11 is 5.82. The molecule has 0 bridgehead atoms. The summed E-state index contributed by atoms with van der Waals surface area (Å²) in [6.07, 6.45) is -0.218. The molecule has 1 aromatic carbocycles. The first-order valence-electron chi connectivity index (χ1n) is 6.54. The second-order valence-electron chi connectivity index (χ2n) is 5.68. The van der Waals surface area contributed by atoms with Gasteiger partial charge >= 0.3 is 6.09 Å². The van der Waals surface area contributed by atoms with Gasteiger partial charge < -0.3 is 14.3 Å². The molecular formula is C15H19ClFNO4. The molecule has 7 heteroatoms. The third-order valence-corrected chi connectivity index (χ3v) is 3.01. The fraction of sp³-hybridized carbons (Fsp3) is 0.467. The summed E-state index contributed by atoms with van der Waals surface area (Å²) in [5.41, 5.74) is -0.571. The largest absolute Gasteiger partial charge is 0.493 e. The molecule has 1 amide bonds. The zero-order valence-electron chi connectivity index (χ0n) is 13.1. The number of methoxy groups -OCH3 is 1. The van der Waals surface area contributed by atoms with Crippen LogP contribution >= 0.6 is 11.6 Å². The molecule has 22 heavy (non-hydrogen) atoms. The molecule has 0 saturated carbocycles. The van der Waals surface area contributed by atoms with Crippen molar-refractivity contribution in [3.05, 3.63) is 28.5 Å². The van der Waals surface area contributed by atoms with Gasteiger partial charge in [-0.1, -0.05) is 11.6 Å². The lowest BCUT2D eigenvalue weighted by Gasteiger charge is -2.29. The minimum absolute atomic E-state index is 0.0951. The number of aldehydes is 1. The number of benzene rings is 1. The monoisotopic (exact) mass is 331 g/mol. The molecule has 1 unspecified atom stereocenters. The zero-order chi connectivity index (χ0) is 17.1. The Hall–Kier alpha value is -1.82. The van der Waals surface area contributed by atoms with Crippen LogP contribution in [-0.2, 0) is 9.53 Å². The van der Waals surface area contributed by atoms with Crippen molar-refractivity contribution < 1.29 is 23.5 Å². The van der Waals surface area contributed by atoms with Crippen molar-refractivity contribution in [2.75, 3.05) is 14.2 Å². The summed E-state index contributed by atoms with van der Waals surface area (Å²) in [5.74, 6) is -0.855. The van der Waals surface area contributed by atoms with Crippen LogP contribution in [0.4, 0.5) is 9.18 Å². The van der Waals surface area contributed by atoms with Gasteiger partial charge in [-0.3, -0.25) is 4.90 Å². The molecular weight excluding hydrogens is 313 g/mol. The molecule has 0 spiro atoms. The maximum absolute atomic E-state index is 13.9. The molecule has 0 radical (unpaired) electrons. The smallest absolute Gasteiger partial charge is 0.410 e. The van der Waals surface area contributed by atoms with Crippen LogP contribution in [0.1, 0.15) is 32.4 Å². The van der Waals surface area contributed by atoms with Crippen LogP contribution in [-0.4, -0.2) is 37.0 Å². The number of carbonyl (C=O) groups is 2. The van der Waals surface area contributed by atoms with Crippen molar-refractivity contribution in [1.82, 2.24) is 4.90 Å². The molecule has 1 aromatic rings. The molecule has 0 aliphatic rings. The third-order valence-electron chi connectivity index (χ3n) is 2.79. The number of ether oxygens (including phenoxy) is 2. The van der Waals surface area contributed by atoms with E-state index in [-0.39, 0.29) is 16.3 Å². The predicted molar refractivity (Wildman–Crippen MR) is 80.8 cm³/mol. The van der Waals surface area contributed by atoms with Gasteiger partial charge in [-0.2, -0.15) is 0 Å². The highest BCUT2D eigenvalue weighted by molar-refractivity contribution is 6.30. The molecule has 5 nitrogen and oxygen atoms in total. The first-order chi connectivity index (χ1) is 10.1. The molecule has 0 fully saturated rings. The number of amides is 1. The molecule has 0 aliphatic heterocycles. The summed E-state index contributed by atoms with van der Waals surface area (Å²) in [4.78, 5) is 24.6. The molecule has 122 valence electrons. The number of likely N-dealkylation sites (N-methyl/N-ethyl adjacent to an activating group) is 1. The van der Waals surface area contributed by atoms with Crippen molar-refractivity contribution >= 4 is 24.0 Å². The van der Waals surface area contributed by atoms with Gasteiger partial charge in [0.05, 0.1) is 7.11 Å². The van der Waals surface area contributed by atoms with Gasteiger partial charge in [0.15, 0.2) is 11.6 Å². The normalized spacial score (nSPS) is 12.5. The van der Waals surface area contributed by atoms with Gasteiger partial charge in [-0.25, -0.2) is 9.18 Å². The van der Waals surface area contributed by atoms with E-state index in [4.69, 9.17) is 21.1 Å². The van der Waals surface area contributed by atoms with E-state index in [0.29, 0.717) is 6.29 Å². The molecule has 0 saturated heterocycles. The summed E-state index contributed by atoms with van der Waals surface area (Å²) in [6.45, 7) is 5.11. The fourth-order valence-corrected chi connectivity index (χ4v) is 2.05. The van der Waals surface area contributed by atoms with Crippen molar-refractivity contribution in [2.45, 2.75) is 32.4 Å². The minimum atomic E-state index is -1.09. The van der Waals surface area contributed by atoms with E-state index < -0.39 is 23.6 Å². The van der Waals surface area contributed by atoms with Gasteiger partial charge in [-0.05, 0) is 32.9 Å². The van der Waals surface area contributed by atoms with E-state index in [2.05, 4.69) is 0 Å². The van der Waals surface area contributed by atoms with E-state index in [0.717, 1.165) is 11.0 Å². The summed E-state index contributed by atoms with van der Waals surface area (Å²) in [5, 5.41) is 0.0951. The average Bonchev–Trinajstić information content (AvgIpc) is 2.37. The number of rotatable bonds is 4. The second kappa shape index (κ2) is 6.96. The van der Waals surface area contributed by atoms with Crippen molar-refractivity contribution in [3.63, 3.8) is 0 Å². The van der Waals surface area contributed by atoms with Crippen molar-refractivity contribution in [3.8, 4) is 5.75 Å². The van der Waals surface area contributed by atoms with Crippen molar-refractivity contribution in [1.29, 1.82) is 0 Å². The van der Waals surface area contributed by atoms with Crippen LogP contribution in [0, 0.1) is 5.82 Å².